The first-order valence-corrected chi connectivity index (χ1v) is 4.89. The summed E-state index contributed by atoms with van der Waals surface area (Å²) in [5.74, 6) is 0. The molecule has 0 fully saturated rings. The van der Waals surface area contributed by atoms with Gasteiger partial charge in [0.2, 0.25) is 0 Å². The van der Waals surface area contributed by atoms with Gasteiger partial charge in [0.15, 0.2) is 0 Å². The van der Waals surface area contributed by atoms with Crippen molar-refractivity contribution < 1.29 is 18.5 Å². The molecule has 1 N–H and O–H groups in total. The van der Waals surface area contributed by atoms with Crippen LogP contribution in [0.15, 0.2) is 12.3 Å². The van der Waals surface area contributed by atoms with Gasteiger partial charge in [-0.3, -0.25) is 9.42 Å². The standard InChI is InChI=1S/C6H13O4P/c1-3-5-9-11(7,8)10-6-4-2/h3,5H,4,6H2,1-2H3,(H,7,8). The quantitative estimate of drug-likeness (QED) is 0.519. The summed E-state index contributed by atoms with van der Waals surface area (Å²) in [7, 11) is -3.81. The van der Waals surface area contributed by atoms with Crippen molar-refractivity contribution in [2.45, 2.75) is 20.3 Å². The van der Waals surface area contributed by atoms with Gasteiger partial charge in [0.1, 0.15) is 0 Å². The highest BCUT2D eigenvalue weighted by Crippen LogP contribution is 2.43. The Morgan fingerprint density at radius 3 is 2.73 bits per heavy atom. The Hall–Kier alpha value is -0.310. The highest BCUT2D eigenvalue weighted by atomic mass is 31.2. The van der Waals surface area contributed by atoms with Crippen LogP contribution in [0.1, 0.15) is 20.3 Å². The van der Waals surface area contributed by atoms with E-state index in [0.29, 0.717) is 6.42 Å². The second kappa shape index (κ2) is 5.35. The number of phosphoric ester groups is 1. The minimum Gasteiger partial charge on any atom is -0.412 e. The molecule has 0 aromatic carbocycles. The zero-order valence-corrected chi connectivity index (χ0v) is 7.58. The van der Waals surface area contributed by atoms with E-state index in [0.717, 1.165) is 6.26 Å². The van der Waals surface area contributed by atoms with E-state index >= 15 is 0 Å². The highest BCUT2D eigenvalue weighted by Gasteiger charge is 2.18. The van der Waals surface area contributed by atoms with Gasteiger partial charge in [-0.1, -0.05) is 13.0 Å². The lowest BCUT2D eigenvalue weighted by Gasteiger charge is -2.08. The Bertz CT molecular complexity index is 166. The summed E-state index contributed by atoms with van der Waals surface area (Å²) in [6, 6.07) is 0. The molecule has 0 radical (unpaired) electrons. The first-order chi connectivity index (χ1) is 5.12. The molecule has 0 bridgehead atoms. The van der Waals surface area contributed by atoms with Crippen LogP contribution in [-0.4, -0.2) is 11.5 Å². The Balaban J connectivity index is 3.71. The van der Waals surface area contributed by atoms with Crippen LogP contribution >= 0.6 is 7.82 Å². The maximum atomic E-state index is 10.8. The lowest BCUT2D eigenvalue weighted by atomic mass is 10.5. The molecule has 0 aromatic heterocycles. The van der Waals surface area contributed by atoms with E-state index in [9.17, 15) is 4.57 Å². The molecule has 66 valence electrons. The van der Waals surface area contributed by atoms with Crippen molar-refractivity contribution >= 4 is 7.82 Å². The first kappa shape index (κ1) is 10.7. The molecule has 0 heterocycles. The maximum absolute atomic E-state index is 10.8. The summed E-state index contributed by atoms with van der Waals surface area (Å²) in [6.07, 6.45) is 3.33. The van der Waals surface area contributed by atoms with Gasteiger partial charge in [0, 0.05) is 0 Å². The van der Waals surface area contributed by atoms with Gasteiger partial charge in [-0.25, -0.2) is 4.57 Å². The molecule has 0 amide bonds. The fraction of sp³-hybridized carbons (Fsp3) is 0.667. The predicted octanol–water partition coefficient (Wildman–Crippen LogP) is 2.06. The second-order valence-corrected chi connectivity index (χ2v) is 3.28. The fourth-order valence-electron chi connectivity index (χ4n) is 0.375. The summed E-state index contributed by atoms with van der Waals surface area (Å²) in [6.45, 7) is 3.75. The summed E-state index contributed by atoms with van der Waals surface area (Å²) in [5.41, 5.74) is 0. The Morgan fingerprint density at radius 2 is 2.27 bits per heavy atom. The molecule has 5 heteroatoms. The van der Waals surface area contributed by atoms with Gasteiger partial charge in [0.25, 0.3) is 0 Å². The SMILES string of the molecule is CC=COP(=O)(O)OCCC. The predicted molar refractivity (Wildman–Crippen MR) is 42.0 cm³/mol. The molecule has 0 aromatic rings. The highest BCUT2D eigenvalue weighted by molar-refractivity contribution is 7.47. The molecule has 0 saturated carbocycles. The summed E-state index contributed by atoms with van der Waals surface area (Å²) in [4.78, 5) is 8.84. The Morgan fingerprint density at radius 1 is 1.64 bits per heavy atom. The molecule has 0 saturated heterocycles. The van der Waals surface area contributed by atoms with Gasteiger partial charge < -0.3 is 4.52 Å². The van der Waals surface area contributed by atoms with Crippen LogP contribution in [0.2, 0.25) is 0 Å². The molecule has 0 aliphatic rings. The van der Waals surface area contributed by atoms with Crippen LogP contribution in [0.25, 0.3) is 0 Å². The third-order valence-electron chi connectivity index (χ3n) is 0.789. The first-order valence-electron chi connectivity index (χ1n) is 3.39. The van der Waals surface area contributed by atoms with Gasteiger partial charge in [-0.05, 0) is 13.3 Å². The lowest BCUT2D eigenvalue weighted by Crippen LogP contribution is -1.91. The average molecular weight is 180 g/mol. The topological polar surface area (TPSA) is 55.8 Å². The number of hydrogen-bond acceptors (Lipinski definition) is 3. The smallest absolute Gasteiger partial charge is 0.412 e. The van der Waals surface area contributed by atoms with Gasteiger partial charge in [-0.15, -0.1) is 0 Å². The van der Waals surface area contributed by atoms with Crippen LogP contribution in [-0.2, 0) is 13.6 Å². The molecule has 0 aliphatic carbocycles. The third-order valence-corrected chi connectivity index (χ3v) is 1.69. The number of allylic oxidation sites excluding steroid dienone is 1. The van der Waals surface area contributed by atoms with Crippen LogP contribution in [0, 0.1) is 0 Å². The van der Waals surface area contributed by atoms with Gasteiger partial charge in [-0.2, -0.15) is 0 Å². The number of phosphoric acid groups is 1. The average Bonchev–Trinajstić information content (AvgIpc) is 1.97. The summed E-state index contributed by atoms with van der Waals surface area (Å²) < 4.78 is 19.7. The molecule has 4 nitrogen and oxygen atoms in total. The van der Waals surface area contributed by atoms with Crippen molar-refractivity contribution in [3.8, 4) is 0 Å². The minimum absolute atomic E-state index is 0.228. The minimum atomic E-state index is -3.81. The van der Waals surface area contributed by atoms with Gasteiger partial charge in [0.05, 0.1) is 12.9 Å². The van der Waals surface area contributed by atoms with Crippen molar-refractivity contribution in [1.29, 1.82) is 0 Å². The van der Waals surface area contributed by atoms with E-state index in [1.165, 1.54) is 6.08 Å². The third kappa shape index (κ3) is 6.10. The molecular weight excluding hydrogens is 167 g/mol. The lowest BCUT2D eigenvalue weighted by molar-refractivity contribution is 0.188. The molecule has 0 aliphatic heterocycles. The zero-order chi connectivity index (χ0) is 8.74. The molecule has 0 spiro atoms. The van der Waals surface area contributed by atoms with E-state index in [1.807, 2.05) is 6.92 Å². The van der Waals surface area contributed by atoms with Gasteiger partial charge >= 0.3 is 7.82 Å². The van der Waals surface area contributed by atoms with Crippen LogP contribution in [0.5, 0.6) is 0 Å². The van der Waals surface area contributed by atoms with Crippen molar-refractivity contribution in [2.75, 3.05) is 6.61 Å². The maximum Gasteiger partial charge on any atom is 0.526 e. The van der Waals surface area contributed by atoms with E-state index in [-0.39, 0.29) is 6.61 Å². The molecule has 1 unspecified atom stereocenters. The van der Waals surface area contributed by atoms with Crippen molar-refractivity contribution in [3.05, 3.63) is 12.3 Å². The summed E-state index contributed by atoms with van der Waals surface area (Å²) in [5, 5.41) is 0. The monoisotopic (exact) mass is 180 g/mol. The van der Waals surface area contributed by atoms with E-state index in [2.05, 4.69) is 9.05 Å². The van der Waals surface area contributed by atoms with Crippen molar-refractivity contribution in [2.24, 2.45) is 0 Å². The Labute approximate surface area is 66.4 Å². The number of hydrogen-bond donors (Lipinski definition) is 1. The molecule has 0 rings (SSSR count). The number of rotatable bonds is 5. The Kier molecular flexibility index (Phi) is 5.20. The van der Waals surface area contributed by atoms with Crippen LogP contribution < -0.4 is 0 Å². The molecular formula is C6H13O4P. The van der Waals surface area contributed by atoms with E-state index in [4.69, 9.17) is 4.89 Å². The van der Waals surface area contributed by atoms with Crippen LogP contribution in [0.4, 0.5) is 0 Å². The van der Waals surface area contributed by atoms with Crippen molar-refractivity contribution in [3.63, 3.8) is 0 Å². The fourth-order valence-corrected chi connectivity index (χ4v) is 1.12. The zero-order valence-electron chi connectivity index (χ0n) is 6.69. The van der Waals surface area contributed by atoms with E-state index < -0.39 is 7.82 Å². The van der Waals surface area contributed by atoms with Crippen molar-refractivity contribution in [1.82, 2.24) is 0 Å². The van der Waals surface area contributed by atoms with Crippen LogP contribution in [0.3, 0.4) is 0 Å². The molecule has 11 heavy (non-hydrogen) atoms. The largest absolute Gasteiger partial charge is 0.526 e. The van der Waals surface area contributed by atoms with E-state index in [1.54, 1.807) is 6.92 Å². The summed E-state index contributed by atoms with van der Waals surface area (Å²) >= 11 is 0. The molecule has 1 atom stereocenters. The second-order valence-electron chi connectivity index (χ2n) is 1.88. The normalized spacial score (nSPS) is 16.6.